The first-order valence-corrected chi connectivity index (χ1v) is 13.2. The molecule has 2 saturated heterocycles. The highest BCUT2D eigenvalue weighted by molar-refractivity contribution is 5.15. The Kier molecular flexibility index (Phi) is 4.37. The normalized spacial score (nSPS) is 61.7. The van der Waals surface area contributed by atoms with E-state index in [9.17, 15) is 0 Å². The van der Waals surface area contributed by atoms with Crippen LogP contribution in [0.15, 0.2) is 0 Å². The van der Waals surface area contributed by atoms with Gasteiger partial charge in [-0.2, -0.15) is 0 Å². The molecule has 2 aliphatic heterocycles. The first kappa shape index (κ1) is 19.6. The van der Waals surface area contributed by atoms with Crippen LogP contribution in [-0.2, 0) is 9.47 Å². The number of fused-ring (bicyclic) bond motifs is 7. The van der Waals surface area contributed by atoms with Crippen LogP contribution in [0.5, 0.6) is 0 Å². The van der Waals surface area contributed by atoms with Gasteiger partial charge in [0.1, 0.15) is 0 Å². The zero-order valence-electron chi connectivity index (χ0n) is 19.4. The van der Waals surface area contributed by atoms with Gasteiger partial charge in [0.2, 0.25) is 0 Å². The summed E-state index contributed by atoms with van der Waals surface area (Å²) in [6, 6.07) is 0. The quantitative estimate of drug-likeness (QED) is 0.444. The van der Waals surface area contributed by atoms with Crippen molar-refractivity contribution in [2.24, 2.45) is 52.3 Å². The van der Waals surface area contributed by atoms with E-state index >= 15 is 0 Å². The highest BCUT2D eigenvalue weighted by atomic mass is 16.7. The summed E-state index contributed by atoms with van der Waals surface area (Å²) in [4.78, 5) is 0. The number of hydrogen-bond donors (Lipinski definition) is 0. The molecule has 2 heterocycles. The molecule has 1 unspecified atom stereocenters. The van der Waals surface area contributed by atoms with Crippen LogP contribution in [0, 0.1) is 52.3 Å². The molecule has 0 N–H and O–H groups in total. The molecule has 6 aliphatic rings. The van der Waals surface area contributed by atoms with Gasteiger partial charge in [-0.3, -0.25) is 0 Å². The van der Waals surface area contributed by atoms with Crippen molar-refractivity contribution in [2.75, 3.05) is 6.61 Å². The second-order valence-electron chi connectivity index (χ2n) is 12.9. The Morgan fingerprint density at radius 1 is 0.793 bits per heavy atom. The number of ether oxygens (including phenoxy) is 2. The van der Waals surface area contributed by atoms with E-state index in [1.807, 2.05) is 0 Å². The minimum absolute atomic E-state index is 0.250. The first-order chi connectivity index (χ1) is 13.9. The van der Waals surface area contributed by atoms with Crippen LogP contribution in [0.25, 0.3) is 0 Å². The smallest absolute Gasteiger partial charge is 0.171 e. The summed E-state index contributed by atoms with van der Waals surface area (Å²) in [5.41, 5.74) is 1.13. The maximum Gasteiger partial charge on any atom is 0.171 e. The minimum atomic E-state index is -0.250. The largest absolute Gasteiger partial charge is 0.349 e. The van der Waals surface area contributed by atoms with E-state index in [0.717, 1.165) is 42.6 Å². The maximum atomic E-state index is 6.92. The van der Waals surface area contributed by atoms with E-state index in [4.69, 9.17) is 9.47 Å². The SMILES string of the molecule is C[C@@H]1CC[C@@]2(OC1)O[C@H]1C[C@@H]3[C@@H]4CCC5CCCC[C@]5(C)[C@H]4CC[C@]3(C)[C@H]1[C@@H]2C. The minimum Gasteiger partial charge on any atom is -0.349 e. The van der Waals surface area contributed by atoms with Crippen molar-refractivity contribution in [1.82, 2.24) is 0 Å². The summed E-state index contributed by atoms with van der Waals surface area (Å²) in [6.45, 7) is 11.1. The van der Waals surface area contributed by atoms with Gasteiger partial charge in [-0.05, 0) is 97.7 Å². The van der Waals surface area contributed by atoms with E-state index in [-0.39, 0.29) is 5.79 Å². The summed E-state index contributed by atoms with van der Waals surface area (Å²) in [5, 5.41) is 0. The van der Waals surface area contributed by atoms with Gasteiger partial charge < -0.3 is 9.47 Å². The summed E-state index contributed by atoms with van der Waals surface area (Å²) in [5.74, 6) is 5.62. The van der Waals surface area contributed by atoms with Crippen LogP contribution in [0.2, 0.25) is 0 Å². The Morgan fingerprint density at radius 3 is 2.45 bits per heavy atom. The second-order valence-corrected chi connectivity index (χ2v) is 12.9. The average molecular weight is 401 g/mol. The van der Waals surface area contributed by atoms with Crippen LogP contribution in [-0.4, -0.2) is 18.5 Å². The Balaban J connectivity index is 1.27. The third-order valence-corrected chi connectivity index (χ3v) is 11.9. The van der Waals surface area contributed by atoms with Crippen LogP contribution in [0.3, 0.4) is 0 Å². The Morgan fingerprint density at radius 2 is 1.66 bits per heavy atom. The molecule has 0 bridgehead atoms. The van der Waals surface area contributed by atoms with Crippen molar-refractivity contribution in [2.45, 2.75) is 110 Å². The molecule has 4 aliphatic carbocycles. The zero-order valence-corrected chi connectivity index (χ0v) is 19.4. The third kappa shape index (κ3) is 2.54. The lowest BCUT2D eigenvalue weighted by Gasteiger charge is -2.61. The fourth-order valence-electron chi connectivity index (χ4n) is 10.3. The summed E-state index contributed by atoms with van der Waals surface area (Å²) < 4.78 is 13.4. The second kappa shape index (κ2) is 6.47. The zero-order chi connectivity index (χ0) is 20.0. The fourth-order valence-corrected chi connectivity index (χ4v) is 10.3. The molecule has 0 aromatic heterocycles. The van der Waals surface area contributed by atoms with Crippen LogP contribution < -0.4 is 0 Å². The van der Waals surface area contributed by atoms with E-state index < -0.39 is 0 Å². The van der Waals surface area contributed by atoms with Gasteiger partial charge in [0.25, 0.3) is 0 Å². The summed E-state index contributed by atoms with van der Waals surface area (Å²) >= 11 is 0. The summed E-state index contributed by atoms with van der Waals surface area (Å²) in [7, 11) is 0. The molecule has 0 aromatic carbocycles. The molecule has 2 heteroatoms. The highest BCUT2D eigenvalue weighted by Gasteiger charge is 2.68. The average Bonchev–Trinajstić information content (AvgIpc) is 3.15. The summed E-state index contributed by atoms with van der Waals surface area (Å²) in [6.07, 6.45) is 16.2. The molecule has 0 aromatic rings. The van der Waals surface area contributed by atoms with Gasteiger partial charge in [-0.1, -0.05) is 40.5 Å². The predicted molar refractivity (Wildman–Crippen MR) is 116 cm³/mol. The van der Waals surface area contributed by atoms with E-state index in [1.165, 1.54) is 64.2 Å². The Bertz CT molecular complexity index is 651. The van der Waals surface area contributed by atoms with Crippen molar-refractivity contribution in [3.63, 3.8) is 0 Å². The Labute approximate surface area is 178 Å². The monoisotopic (exact) mass is 400 g/mol. The molecule has 6 fully saturated rings. The first-order valence-electron chi connectivity index (χ1n) is 13.2. The topological polar surface area (TPSA) is 18.5 Å². The predicted octanol–water partition coefficient (Wildman–Crippen LogP) is 6.82. The number of rotatable bonds is 0. The van der Waals surface area contributed by atoms with Crippen molar-refractivity contribution >= 4 is 0 Å². The molecule has 29 heavy (non-hydrogen) atoms. The van der Waals surface area contributed by atoms with Crippen molar-refractivity contribution in [1.29, 1.82) is 0 Å². The highest BCUT2D eigenvalue weighted by Crippen LogP contribution is 2.71. The van der Waals surface area contributed by atoms with Gasteiger partial charge in [-0.15, -0.1) is 0 Å². The standard InChI is InChI=1S/C27H44O2/c1-17-10-14-27(28-16-17)18(2)24-23(29-27)15-22-20-9-8-19-7-5-6-12-25(19,3)21(20)11-13-26(22,24)4/h17-24H,5-16H2,1-4H3/t17-,18+,19?,20-,21+,22-,23+,24+,25+,26+,27-/m1/s1. The van der Waals surface area contributed by atoms with Crippen molar-refractivity contribution in [3.05, 3.63) is 0 Å². The Hall–Kier alpha value is -0.0800. The lowest BCUT2D eigenvalue weighted by molar-refractivity contribution is -0.273. The molecular formula is C27H44O2. The molecule has 0 radical (unpaired) electrons. The van der Waals surface area contributed by atoms with Crippen molar-refractivity contribution < 1.29 is 9.47 Å². The number of hydrogen-bond acceptors (Lipinski definition) is 2. The van der Waals surface area contributed by atoms with Crippen LogP contribution in [0.4, 0.5) is 0 Å². The van der Waals surface area contributed by atoms with Crippen LogP contribution in [0.1, 0.15) is 98.3 Å². The van der Waals surface area contributed by atoms with E-state index in [1.54, 1.807) is 0 Å². The molecule has 164 valence electrons. The lowest BCUT2D eigenvalue weighted by atomic mass is 9.44. The third-order valence-electron chi connectivity index (χ3n) is 11.9. The van der Waals surface area contributed by atoms with Gasteiger partial charge in [0.05, 0.1) is 12.7 Å². The van der Waals surface area contributed by atoms with Crippen molar-refractivity contribution in [3.8, 4) is 0 Å². The molecule has 0 amide bonds. The molecule has 11 atom stereocenters. The fraction of sp³-hybridized carbons (Fsp3) is 1.00. The van der Waals surface area contributed by atoms with Gasteiger partial charge in [-0.25, -0.2) is 0 Å². The maximum absolute atomic E-state index is 6.92. The molecule has 6 rings (SSSR count). The lowest BCUT2D eigenvalue weighted by Crippen LogP contribution is -2.54. The molecule has 4 saturated carbocycles. The van der Waals surface area contributed by atoms with Gasteiger partial charge in [0, 0.05) is 12.3 Å². The molecular weight excluding hydrogens is 356 g/mol. The van der Waals surface area contributed by atoms with E-state index in [2.05, 4.69) is 27.7 Å². The van der Waals surface area contributed by atoms with Gasteiger partial charge in [0.15, 0.2) is 5.79 Å². The van der Waals surface area contributed by atoms with E-state index in [0.29, 0.717) is 28.8 Å². The van der Waals surface area contributed by atoms with Crippen LogP contribution >= 0.6 is 0 Å². The molecule has 2 nitrogen and oxygen atoms in total. The van der Waals surface area contributed by atoms with Gasteiger partial charge >= 0.3 is 0 Å². The molecule has 1 spiro atoms.